The number of aryl methyl sites for hydroxylation is 1. The Morgan fingerprint density at radius 1 is 0.879 bits per heavy atom. The number of aromatic nitrogens is 2. The zero-order chi connectivity index (χ0) is 66.2. The molecule has 1 aromatic carbocycles. The van der Waals surface area contributed by atoms with Crippen LogP contribution in [0.2, 0.25) is 0 Å². The van der Waals surface area contributed by atoms with Crippen LogP contribution in [0.3, 0.4) is 0 Å². The van der Waals surface area contributed by atoms with E-state index < -0.39 is 18.8 Å². The number of carbonyl (C=O) groups is 2. The molecular formula is C76H126F3N9O3. The first-order valence-corrected chi connectivity index (χ1v) is 36.6. The van der Waals surface area contributed by atoms with Crippen molar-refractivity contribution in [2.24, 2.45) is 28.6 Å². The van der Waals surface area contributed by atoms with E-state index in [9.17, 15) is 0 Å². The van der Waals surface area contributed by atoms with Gasteiger partial charge in [-0.2, -0.15) is 13.2 Å². The lowest BCUT2D eigenvalue weighted by molar-refractivity contribution is -0.139. The van der Waals surface area contributed by atoms with Crippen molar-refractivity contribution in [3.63, 3.8) is 0 Å². The average Bonchev–Trinajstić information content (AvgIpc) is 1.60. The maximum absolute atomic E-state index is 15.6. The van der Waals surface area contributed by atoms with Gasteiger partial charge in [-0.1, -0.05) is 101 Å². The number of rotatable bonds is 35. The van der Waals surface area contributed by atoms with Crippen LogP contribution in [-0.2, 0) is 27.3 Å². The Morgan fingerprint density at radius 3 is 2.09 bits per heavy atom. The largest absolute Gasteiger partial charge is 0.406 e. The van der Waals surface area contributed by atoms with Crippen LogP contribution in [0.15, 0.2) is 42.7 Å². The zero-order valence-electron chi connectivity index (χ0n) is 59.6. The van der Waals surface area contributed by atoms with E-state index in [2.05, 4.69) is 117 Å². The van der Waals surface area contributed by atoms with Crippen LogP contribution in [0.25, 0.3) is 22.2 Å². The molecule has 0 bridgehead atoms. The Hall–Kier alpha value is -4.02. The van der Waals surface area contributed by atoms with Crippen molar-refractivity contribution in [3.8, 4) is 11.3 Å². The molecule has 4 aliphatic carbocycles. The molecule has 2 aromatic heterocycles. The fourth-order valence-corrected chi connectivity index (χ4v) is 15.3. The Morgan fingerprint density at radius 2 is 1.53 bits per heavy atom. The second-order valence-electron chi connectivity index (χ2n) is 30.0. The van der Waals surface area contributed by atoms with Gasteiger partial charge in [-0.05, 0) is 233 Å². The molecule has 0 radical (unpaired) electrons. The maximum atomic E-state index is 15.6. The maximum Gasteiger partial charge on any atom is 0.406 e. The Bertz CT molecular complexity index is 2720. The molecule has 1 amide bonds. The summed E-state index contributed by atoms with van der Waals surface area (Å²) in [6.45, 7) is 39.9. The summed E-state index contributed by atoms with van der Waals surface area (Å²) in [6.07, 6.45) is 24.2. The summed E-state index contributed by atoms with van der Waals surface area (Å²) in [5.41, 5.74) is 10.2. The number of nitrogens with zero attached hydrogens (tertiary/aromatic N) is 7. The first kappa shape index (κ1) is 74.4. The highest BCUT2D eigenvalue weighted by Gasteiger charge is 2.43. The van der Waals surface area contributed by atoms with Crippen LogP contribution < -0.4 is 15.6 Å². The Labute approximate surface area is 550 Å². The number of methoxy groups -OCH3 is 1. The van der Waals surface area contributed by atoms with E-state index in [-0.39, 0.29) is 35.2 Å². The third-order valence-electron chi connectivity index (χ3n) is 21.7. The van der Waals surface area contributed by atoms with Crippen LogP contribution >= 0.6 is 0 Å². The quantitative estimate of drug-likeness (QED) is 0.0554. The minimum absolute atomic E-state index is 0.101. The number of aldehydes is 1. The molecule has 9 rings (SSSR count). The number of carbonyl (C=O) groups excluding carboxylic acids is 2. The molecule has 3 aromatic rings. The number of likely N-dealkylation sites (tertiary alicyclic amines) is 1. The normalized spacial score (nSPS) is 20.8. The van der Waals surface area contributed by atoms with Crippen LogP contribution in [0, 0.1) is 35.5 Å². The van der Waals surface area contributed by atoms with Crippen molar-refractivity contribution >= 4 is 28.8 Å². The lowest BCUT2D eigenvalue weighted by atomic mass is 9.63. The summed E-state index contributed by atoms with van der Waals surface area (Å²) in [4.78, 5) is 39.7. The molecule has 91 heavy (non-hydrogen) atoms. The molecule has 12 nitrogen and oxygen atoms in total. The van der Waals surface area contributed by atoms with E-state index in [1.165, 1.54) is 95.2 Å². The monoisotopic (exact) mass is 1270 g/mol. The summed E-state index contributed by atoms with van der Waals surface area (Å²) in [7, 11) is 1.63. The van der Waals surface area contributed by atoms with Gasteiger partial charge in [-0.3, -0.25) is 19.6 Å². The smallest absolute Gasteiger partial charge is 0.375 e. The summed E-state index contributed by atoms with van der Waals surface area (Å²) < 4.78 is 52.5. The van der Waals surface area contributed by atoms with Gasteiger partial charge < -0.3 is 34.2 Å². The number of amides is 1. The van der Waals surface area contributed by atoms with Crippen molar-refractivity contribution in [3.05, 3.63) is 59.6 Å². The molecule has 2 N–H and O–H groups in total. The standard InChI is InChI=1S/C65H103F3N8O2.C9H19N.C2H4O/c1-13-33-73(51-23-24-51)42-53-20-17-34-74(53)60(44(4)5)62(77)70-58(47(8)76-35-16-19-46(7)71-76)50(27-32-64(15-3)30-18-31-64)29-37-72(36-28-49-21-22-49)52-25-26-57-54(39-52)56(40-63(10,11)14-2)61(75(57)43-65(66,67)68)55-38-45(6)41-69-59(55)48(9)78-12;1-3-7-10(8-4-2)9-5-6-9;1-2-3/h25-26,38-39,41,44,46,48-51,53,58,60,71H,8,13-24,27-37,40,42-43H2,1-7,9-12H3,(H,70,77);9H,3-8H2,1-2H3;2H,1H3. The van der Waals surface area contributed by atoms with Gasteiger partial charge in [0.1, 0.15) is 12.8 Å². The number of anilines is 1. The van der Waals surface area contributed by atoms with Gasteiger partial charge in [0.25, 0.3) is 0 Å². The molecule has 15 heteroatoms. The number of benzene rings is 1. The number of hydrazine groups is 1. The highest BCUT2D eigenvalue weighted by molar-refractivity contribution is 5.95. The van der Waals surface area contributed by atoms with Crippen molar-refractivity contribution in [1.82, 2.24) is 40.0 Å². The average molecular weight is 1270 g/mol. The summed E-state index contributed by atoms with van der Waals surface area (Å²) >= 11 is 0. The third-order valence-corrected chi connectivity index (χ3v) is 21.7. The van der Waals surface area contributed by atoms with E-state index in [0.29, 0.717) is 58.3 Å². The van der Waals surface area contributed by atoms with Crippen LogP contribution in [0.1, 0.15) is 247 Å². The van der Waals surface area contributed by atoms with Gasteiger partial charge in [0.15, 0.2) is 0 Å². The second-order valence-corrected chi connectivity index (χ2v) is 30.0. The minimum Gasteiger partial charge on any atom is -0.375 e. The number of hydrogen-bond acceptors (Lipinski definition) is 10. The van der Waals surface area contributed by atoms with Gasteiger partial charge >= 0.3 is 6.18 Å². The van der Waals surface area contributed by atoms with E-state index >= 15 is 18.0 Å². The number of alkyl halides is 3. The highest BCUT2D eigenvalue weighted by atomic mass is 19.4. The molecule has 6 aliphatic rings. The zero-order valence-corrected chi connectivity index (χ0v) is 59.6. The van der Waals surface area contributed by atoms with Crippen molar-refractivity contribution in [1.29, 1.82) is 0 Å². The van der Waals surface area contributed by atoms with Crippen molar-refractivity contribution < 1.29 is 27.5 Å². The molecule has 2 aliphatic heterocycles. The molecule has 6 atom stereocenters. The van der Waals surface area contributed by atoms with Crippen molar-refractivity contribution in [2.75, 3.05) is 64.4 Å². The van der Waals surface area contributed by atoms with Gasteiger partial charge in [0.05, 0.1) is 29.6 Å². The molecule has 0 spiro atoms. The van der Waals surface area contributed by atoms with Crippen LogP contribution in [0.4, 0.5) is 18.9 Å². The molecule has 2 saturated heterocycles. The molecule has 4 saturated carbocycles. The van der Waals surface area contributed by atoms with Crippen LogP contribution in [0.5, 0.6) is 0 Å². The Kier molecular flexibility index (Phi) is 28.3. The predicted octanol–water partition coefficient (Wildman–Crippen LogP) is 17.1. The predicted molar refractivity (Wildman–Crippen MR) is 372 cm³/mol. The van der Waals surface area contributed by atoms with Gasteiger partial charge in [-0.25, -0.2) is 5.43 Å². The molecule has 4 heterocycles. The van der Waals surface area contributed by atoms with E-state index in [1.54, 1.807) is 13.3 Å². The van der Waals surface area contributed by atoms with Crippen molar-refractivity contribution in [2.45, 2.75) is 293 Å². The minimum atomic E-state index is -4.46. The number of ether oxygens (including phenoxy) is 1. The fraction of sp³-hybridized carbons (Fsp3) is 0.776. The Balaban J connectivity index is 0.000000811. The lowest BCUT2D eigenvalue weighted by Gasteiger charge is -2.45. The number of halogens is 3. The van der Waals surface area contributed by atoms with Gasteiger partial charge in [0, 0.05) is 91.5 Å². The number of pyridine rings is 1. The summed E-state index contributed by atoms with van der Waals surface area (Å²) in [5, 5.41) is 7.00. The highest BCUT2D eigenvalue weighted by Crippen LogP contribution is 2.49. The first-order chi connectivity index (χ1) is 43.5. The first-order valence-electron chi connectivity index (χ1n) is 36.6. The number of hydrogen-bond donors (Lipinski definition) is 2. The molecule has 6 fully saturated rings. The number of nitrogens with one attached hydrogen (secondary N) is 2. The van der Waals surface area contributed by atoms with E-state index in [0.717, 1.165) is 150 Å². The second kappa shape index (κ2) is 34.6. The van der Waals surface area contributed by atoms with Gasteiger partial charge in [0.2, 0.25) is 5.91 Å². The molecule has 6 unspecified atom stereocenters. The molecule has 514 valence electrons. The van der Waals surface area contributed by atoms with Crippen LogP contribution in [-0.4, -0.2) is 143 Å². The topological polar surface area (TPSA) is 101 Å². The fourth-order valence-electron chi connectivity index (χ4n) is 15.3. The lowest BCUT2D eigenvalue weighted by Crippen LogP contribution is -2.59. The van der Waals surface area contributed by atoms with Gasteiger partial charge in [-0.15, -0.1) is 0 Å². The SMILES string of the molecule is C=C(C(NC(=O)C(C(C)C)N1CCCC1CN(CCC)C1CC1)C(CCN(CCC1CC1)c1ccc2c(c1)c(CC(C)(C)CC)c(-c1cc(C)cnc1C(C)OC)n2CC(F)(F)F)CCC1(CC)CCC1)N1CCCC(C)N1.CC=O.CCCN(CCC)C1CC1. The van der Waals surface area contributed by atoms with E-state index in [4.69, 9.17) is 21.1 Å². The number of fused-ring (bicyclic) bond motifs is 1. The molecular weight excluding hydrogens is 1140 g/mol. The summed E-state index contributed by atoms with van der Waals surface area (Å²) in [6, 6.07) is 10.1. The van der Waals surface area contributed by atoms with E-state index in [1.807, 2.05) is 26.0 Å². The third kappa shape index (κ3) is 21.0. The summed E-state index contributed by atoms with van der Waals surface area (Å²) in [5.74, 6) is 1.05.